The highest BCUT2D eigenvalue weighted by Gasteiger charge is 2.13. The molecule has 28 heavy (non-hydrogen) atoms. The Labute approximate surface area is 174 Å². The van der Waals surface area contributed by atoms with Gasteiger partial charge in [0, 0.05) is 5.56 Å². The summed E-state index contributed by atoms with van der Waals surface area (Å²) in [5.74, 6) is 3.26. The summed E-state index contributed by atoms with van der Waals surface area (Å²) in [5.41, 5.74) is 2.28. The lowest BCUT2D eigenvalue weighted by molar-refractivity contribution is 0.226. The minimum atomic E-state index is 0.638. The van der Waals surface area contributed by atoms with Crippen LogP contribution in [0.25, 0.3) is 6.08 Å². The number of benzene rings is 1. The smallest absolute Gasteiger partial charge is 0.127 e. The first-order valence-corrected chi connectivity index (χ1v) is 11.6. The molecular formula is C26H44O2. The van der Waals surface area contributed by atoms with Crippen LogP contribution in [0.5, 0.6) is 11.5 Å². The maximum Gasteiger partial charge on any atom is 0.127 e. The summed E-state index contributed by atoms with van der Waals surface area (Å²) in [6.07, 6.45) is 14.1. The summed E-state index contributed by atoms with van der Waals surface area (Å²) < 4.78 is 12.5. The molecule has 2 heteroatoms. The van der Waals surface area contributed by atoms with Crippen molar-refractivity contribution in [2.45, 2.75) is 92.9 Å². The number of hydrogen-bond acceptors (Lipinski definition) is 2. The van der Waals surface area contributed by atoms with Crippen LogP contribution in [0.3, 0.4) is 0 Å². The summed E-state index contributed by atoms with van der Waals surface area (Å²) in [7, 11) is 0. The van der Waals surface area contributed by atoms with E-state index in [1.807, 2.05) is 0 Å². The van der Waals surface area contributed by atoms with Crippen molar-refractivity contribution in [3.63, 3.8) is 0 Å². The maximum absolute atomic E-state index is 6.27. The molecule has 1 aromatic rings. The minimum absolute atomic E-state index is 0.638. The fraction of sp³-hybridized carbons (Fsp3) is 0.692. The first-order chi connectivity index (χ1) is 13.6. The van der Waals surface area contributed by atoms with E-state index in [0.29, 0.717) is 11.8 Å². The SMILES string of the molecule is CC=Cc1cc(OCC(CC)CCCC)c(C)cc1OCC(CC)CCCC. The van der Waals surface area contributed by atoms with Gasteiger partial charge in [0.25, 0.3) is 0 Å². The highest BCUT2D eigenvalue weighted by molar-refractivity contribution is 5.61. The first kappa shape index (κ1) is 24.6. The molecule has 0 amide bonds. The van der Waals surface area contributed by atoms with E-state index in [1.54, 1.807) is 0 Å². The van der Waals surface area contributed by atoms with Crippen LogP contribution in [-0.4, -0.2) is 13.2 Å². The molecule has 0 spiro atoms. The van der Waals surface area contributed by atoms with Crippen molar-refractivity contribution in [2.24, 2.45) is 11.8 Å². The van der Waals surface area contributed by atoms with Crippen molar-refractivity contribution in [1.82, 2.24) is 0 Å². The summed E-state index contributed by atoms with van der Waals surface area (Å²) in [4.78, 5) is 0. The number of aryl methyl sites for hydroxylation is 1. The van der Waals surface area contributed by atoms with Crippen LogP contribution in [0.4, 0.5) is 0 Å². The van der Waals surface area contributed by atoms with Gasteiger partial charge >= 0.3 is 0 Å². The number of unbranched alkanes of at least 4 members (excludes halogenated alkanes) is 2. The Morgan fingerprint density at radius 2 is 1.36 bits per heavy atom. The lowest BCUT2D eigenvalue weighted by Crippen LogP contribution is -2.13. The molecule has 2 atom stereocenters. The zero-order valence-electron chi connectivity index (χ0n) is 19.4. The van der Waals surface area contributed by atoms with Crippen LogP contribution in [0.15, 0.2) is 18.2 Å². The Bertz CT molecular complexity index is 562. The molecule has 0 saturated carbocycles. The lowest BCUT2D eigenvalue weighted by Gasteiger charge is -2.20. The molecule has 0 aliphatic heterocycles. The van der Waals surface area contributed by atoms with Crippen LogP contribution < -0.4 is 9.47 Å². The Morgan fingerprint density at radius 1 is 0.821 bits per heavy atom. The number of ether oxygens (including phenoxy) is 2. The van der Waals surface area contributed by atoms with Crippen LogP contribution in [0, 0.1) is 18.8 Å². The normalized spacial score (nSPS) is 13.6. The second kappa shape index (κ2) is 14.5. The van der Waals surface area contributed by atoms with Crippen molar-refractivity contribution in [3.05, 3.63) is 29.3 Å². The van der Waals surface area contributed by atoms with Gasteiger partial charge in [-0.1, -0.05) is 78.4 Å². The van der Waals surface area contributed by atoms with Crippen LogP contribution in [-0.2, 0) is 0 Å². The van der Waals surface area contributed by atoms with Crippen molar-refractivity contribution in [2.75, 3.05) is 13.2 Å². The largest absolute Gasteiger partial charge is 0.493 e. The topological polar surface area (TPSA) is 18.5 Å². The molecule has 0 aliphatic carbocycles. The minimum Gasteiger partial charge on any atom is -0.493 e. The van der Waals surface area contributed by atoms with Crippen molar-refractivity contribution in [1.29, 1.82) is 0 Å². The summed E-state index contributed by atoms with van der Waals surface area (Å²) in [6.45, 7) is 14.8. The van der Waals surface area contributed by atoms with Gasteiger partial charge in [0.05, 0.1) is 13.2 Å². The molecule has 0 N–H and O–H groups in total. The van der Waals surface area contributed by atoms with E-state index < -0.39 is 0 Å². The molecule has 0 aliphatic rings. The van der Waals surface area contributed by atoms with Gasteiger partial charge in [-0.2, -0.15) is 0 Å². The summed E-state index contributed by atoms with van der Waals surface area (Å²) in [5, 5.41) is 0. The molecule has 0 bridgehead atoms. The summed E-state index contributed by atoms with van der Waals surface area (Å²) >= 11 is 0. The van der Waals surface area contributed by atoms with E-state index in [4.69, 9.17) is 9.47 Å². The standard InChI is InChI=1S/C26H44O2/c1-7-12-15-22(10-4)19-27-25-18-24(14-9-3)26(17-21(25)6)28-20-23(11-5)16-13-8-2/h9,14,17-18,22-23H,7-8,10-13,15-16,19-20H2,1-6H3. The third-order valence-corrected chi connectivity index (χ3v) is 5.69. The molecule has 1 aromatic carbocycles. The number of allylic oxidation sites excluding steroid dienone is 1. The predicted molar refractivity (Wildman–Crippen MR) is 123 cm³/mol. The molecule has 2 unspecified atom stereocenters. The monoisotopic (exact) mass is 388 g/mol. The average molecular weight is 389 g/mol. The first-order valence-electron chi connectivity index (χ1n) is 11.6. The van der Waals surface area contributed by atoms with E-state index in [1.165, 1.54) is 51.4 Å². The fourth-order valence-electron chi connectivity index (χ4n) is 3.48. The molecule has 0 radical (unpaired) electrons. The zero-order chi connectivity index (χ0) is 20.8. The van der Waals surface area contributed by atoms with Gasteiger partial charge in [0.1, 0.15) is 11.5 Å². The van der Waals surface area contributed by atoms with Crippen molar-refractivity contribution < 1.29 is 9.47 Å². The maximum atomic E-state index is 6.27. The molecular weight excluding hydrogens is 344 g/mol. The zero-order valence-corrected chi connectivity index (χ0v) is 19.4. The van der Waals surface area contributed by atoms with Gasteiger partial charge in [-0.05, 0) is 56.2 Å². The third kappa shape index (κ3) is 8.71. The second-order valence-corrected chi connectivity index (χ2v) is 8.11. The molecule has 1 rings (SSSR count). The van der Waals surface area contributed by atoms with Gasteiger partial charge in [0.15, 0.2) is 0 Å². The fourth-order valence-corrected chi connectivity index (χ4v) is 3.48. The van der Waals surface area contributed by atoms with Crippen molar-refractivity contribution in [3.8, 4) is 11.5 Å². The lowest BCUT2D eigenvalue weighted by atomic mass is 10.00. The van der Waals surface area contributed by atoms with Crippen LogP contribution in [0.2, 0.25) is 0 Å². The van der Waals surface area contributed by atoms with E-state index >= 15 is 0 Å². The van der Waals surface area contributed by atoms with E-state index in [9.17, 15) is 0 Å². The Morgan fingerprint density at radius 3 is 1.82 bits per heavy atom. The third-order valence-electron chi connectivity index (χ3n) is 5.69. The van der Waals surface area contributed by atoms with Crippen LogP contribution >= 0.6 is 0 Å². The molecule has 160 valence electrons. The second-order valence-electron chi connectivity index (χ2n) is 8.11. The van der Waals surface area contributed by atoms with Gasteiger partial charge < -0.3 is 9.47 Å². The van der Waals surface area contributed by atoms with Crippen molar-refractivity contribution >= 4 is 6.08 Å². The number of hydrogen-bond donors (Lipinski definition) is 0. The Kier molecular flexibility index (Phi) is 12.8. The molecule has 0 aromatic heterocycles. The molecule has 0 saturated heterocycles. The highest BCUT2D eigenvalue weighted by Crippen LogP contribution is 2.31. The average Bonchev–Trinajstić information content (AvgIpc) is 2.70. The molecule has 2 nitrogen and oxygen atoms in total. The highest BCUT2D eigenvalue weighted by atomic mass is 16.5. The Hall–Kier alpha value is -1.44. The van der Waals surface area contributed by atoms with Gasteiger partial charge in [-0.15, -0.1) is 0 Å². The van der Waals surface area contributed by atoms with E-state index in [-0.39, 0.29) is 0 Å². The quantitative estimate of drug-likeness (QED) is 0.301. The van der Waals surface area contributed by atoms with E-state index in [2.05, 4.69) is 65.8 Å². The summed E-state index contributed by atoms with van der Waals surface area (Å²) in [6, 6.07) is 4.31. The van der Waals surface area contributed by atoms with Gasteiger partial charge in [0.2, 0.25) is 0 Å². The predicted octanol–water partition coefficient (Wildman–Crippen LogP) is 8.22. The van der Waals surface area contributed by atoms with E-state index in [0.717, 1.165) is 35.8 Å². The number of rotatable bonds is 15. The van der Waals surface area contributed by atoms with Crippen LogP contribution in [0.1, 0.15) is 97.1 Å². The van der Waals surface area contributed by atoms with Gasteiger partial charge in [-0.3, -0.25) is 0 Å². The van der Waals surface area contributed by atoms with Gasteiger partial charge in [-0.25, -0.2) is 0 Å². The Balaban J connectivity index is 2.83. The molecule has 0 heterocycles. The molecule has 0 fully saturated rings.